The van der Waals surface area contributed by atoms with Crippen molar-refractivity contribution in [3.63, 3.8) is 0 Å². The topological polar surface area (TPSA) is 94.8 Å². The smallest absolute Gasteiger partial charge is 0.333 e. The van der Waals surface area contributed by atoms with E-state index in [4.69, 9.17) is 4.74 Å². The van der Waals surface area contributed by atoms with Crippen LogP contribution in [0.3, 0.4) is 0 Å². The number of aromatic nitrogens is 1. The molecule has 8 heteroatoms. The molecule has 0 aliphatic carbocycles. The number of hydrogen-bond acceptors (Lipinski definition) is 7. The molecule has 0 saturated carbocycles. The highest BCUT2D eigenvalue weighted by Crippen LogP contribution is 2.09. The fraction of sp³-hybridized carbons (Fsp3) is 0.235. The molecule has 0 spiro atoms. The molecule has 1 aromatic heterocycles. The minimum Gasteiger partial charge on any atom is -0.508 e. The van der Waals surface area contributed by atoms with Gasteiger partial charge in [-0.15, -0.1) is 11.3 Å². The fourth-order valence-electron chi connectivity index (χ4n) is 1.99. The van der Waals surface area contributed by atoms with E-state index in [1.807, 2.05) is 0 Å². The third-order valence-electron chi connectivity index (χ3n) is 3.17. The van der Waals surface area contributed by atoms with Crippen LogP contribution in [0.4, 0.5) is 0 Å². The van der Waals surface area contributed by atoms with Gasteiger partial charge < -0.3 is 14.6 Å². The van der Waals surface area contributed by atoms with Crippen LogP contribution in [0.5, 0.6) is 5.75 Å². The van der Waals surface area contributed by atoms with Crippen LogP contribution in [0.1, 0.15) is 12.5 Å². The van der Waals surface area contributed by atoms with Crippen LogP contribution < -0.4 is 14.8 Å². The number of rotatable bonds is 5. The van der Waals surface area contributed by atoms with Gasteiger partial charge in [0.25, 0.3) is 5.56 Å². The maximum Gasteiger partial charge on any atom is 0.333 e. The van der Waals surface area contributed by atoms with Crippen molar-refractivity contribution in [2.45, 2.75) is 13.5 Å². The summed E-state index contributed by atoms with van der Waals surface area (Å²) in [7, 11) is 1.22. The lowest BCUT2D eigenvalue weighted by atomic mass is 10.2. The van der Waals surface area contributed by atoms with Crippen LogP contribution in [-0.2, 0) is 25.6 Å². The average Bonchev–Trinajstić information content (AvgIpc) is 2.85. The van der Waals surface area contributed by atoms with E-state index in [0.29, 0.717) is 14.8 Å². The first-order valence-electron chi connectivity index (χ1n) is 7.40. The van der Waals surface area contributed by atoms with Gasteiger partial charge in [-0.1, -0.05) is 12.1 Å². The highest BCUT2D eigenvalue weighted by Gasteiger charge is 2.11. The van der Waals surface area contributed by atoms with Crippen molar-refractivity contribution in [1.82, 2.24) is 4.57 Å². The van der Waals surface area contributed by atoms with Gasteiger partial charge in [-0.25, -0.2) is 4.79 Å². The third kappa shape index (κ3) is 4.80. The van der Waals surface area contributed by atoms with Crippen molar-refractivity contribution in [2.24, 2.45) is 0 Å². The van der Waals surface area contributed by atoms with Crippen molar-refractivity contribution >= 4 is 35.4 Å². The lowest BCUT2D eigenvalue weighted by Gasteiger charge is -2.00. The summed E-state index contributed by atoms with van der Waals surface area (Å²) in [6.07, 6.45) is 2.79. The van der Waals surface area contributed by atoms with Gasteiger partial charge in [0.15, 0.2) is 0 Å². The van der Waals surface area contributed by atoms with Gasteiger partial charge in [0.2, 0.25) is 0 Å². The van der Waals surface area contributed by atoms with E-state index >= 15 is 0 Å². The Labute approximate surface area is 147 Å². The van der Waals surface area contributed by atoms with E-state index < -0.39 is 17.5 Å². The van der Waals surface area contributed by atoms with E-state index in [1.165, 1.54) is 29.9 Å². The van der Waals surface area contributed by atoms with Gasteiger partial charge in [-0.3, -0.25) is 14.2 Å². The Morgan fingerprint density at radius 2 is 1.96 bits per heavy atom. The average molecular weight is 363 g/mol. The van der Waals surface area contributed by atoms with Crippen molar-refractivity contribution < 1.29 is 24.2 Å². The third-order valence-corrected chi connectivity index (χ3v) is 4.23. The first-order chi connectivity index (χ1) is 11.9. The number of carbonyl (C=O) groups excluding carboxylic acids is 2. The second-order valence-corrected chi connectivity index (χ2v) is 5.97. The summed E-state index contributed by atoms with van der Waals surface area (Å²) in [5.74, 6) is -1.09. The zero-order chi connectivity index (χ0) is 18.4. The van der Waals surface area contributed by atoms with Gasteiger partial charge in [0.05, 0.1) is 24.3 Å². The Morgan fingerprint density at radius 1 is 1.28 bits per heavy atom. The number of esters is 2. The summed E-state index contributed by atoms with van der Waals surface area (Å²) in [5, 5.41) is 9.32. The number of thiazole rings is 1. The molecule has 0 aliphatic rings. The Balaban J connectivity index is 2.59. The minimum atomic E-state index is -0.602. The highest BCUT2D eigenvalue weighted by molar-refractivity contribution is 7.07. The number of hydrogen-bond donors (Lipinski definition) is 1. The molecule has 25 heavy (non-hydrogen) atoms. The molecule has 0 aliphatic heterocycles. The SMILES string of the molecule is CCOC(=O)/C=c1\s/c(=C\c2ccc(O)cc2)c(=O)n1CC(=O)OC. The standard InChI is InChI=1S/C17H17NO6S/c1-3-24-15(20)9-14-18(10-16(21)23-2)17(22)13(25-14)8-11-4-6-12(19)7-5-11/h4-9,19H,3,10H2,1-2H3/b13-8-,14-9-. The lowest BCUT2D eigenvalue weighted by Crippen LogP contribution is -2.34. The quantitative estimate of drug-likeness (QED) is 0.749. The molecular weight excluding hydrogens is 346 g/mol. The molecule has 7 nitrogen and oxygen atoms in total. The van der Waals surface area contributed by atoms with E-state index in [-0.39, 0.29) is 18.9 Å². The molecule has 1 aromatic carbocycles. The van der Waals surface area contributed by atoms with Gasteiger partial charge in [0.1, 0.15) is 17.0 Å². The molecule has 0 bridgehead atoms. The van der Waals surface area contributed by atoms with E-state index in [1.54, 1.807) is 25.1 Å². The van der Waals surface area contributed by atoms with Gasteiger partial charge in [-0.05, 0) is 30.7 Å². The van der Waals surface area contributed by atoms with E-state index in [2.05, 4.69) is 4.74 Å². The number of aromatic hydroxyl groups is 1. The van der Waals surface area contributed by atoms with Gasteiger partial charge in [0, 0.05) is 0 Å². The van der Waals surface area contributed by atoms with Crippen molar-refractivity contribution in [3.05, 3.63) is 49.4 Å². The summed E-state index contributed by atoms with van der Waals surface area (Å²) in [6, 6.07) is 6.29. The maximum atomic E-state index is 12.6. The molecule has 0 unspecified atom stereocenters. The van der Waals surface area contributed by atoms with Crippen molar-refractivity contribution in [2.75, 3.05) is 13.7 Å². The highest BCUT2D eigenvalue weighted by atomic mass is 32.1. The molecule has 0 saturated heterocycles. The Bertz CT molecular complexity index is 939. The number of nitrogens with zero attached hydrogens (tertiary/aromatic N) is 1. The molecular formula is C17H17NO6S. The number of carbonyl (C=O) groups is 2. The number of benzene rings is 1. The van der Waals surface area contributed by atoms with Gasteiger partial charge in [-0.2, -0.15) is 0 Å². The lowest BCUT2D eigenvalue weighted by molar-refractivity contribution is -0.141. The van der Waals surface area contributed by atoms with Crippen LogP contribution in [0.15, 0.2) is 29.1 Å². The summed E-state index contributed by atoms with van der Waals surface area (Å²) >= 11 is 1.06. The molecule has 0 radical (unpaired) electrons. The van der Waals surface area contributed by atoms with E-state index in [0.717, 1.165) is 11.3 Å². The number of phenolic OH excluding ortho intramolecular Hbond substituents is 1. The molecule has 1 heterocycles. The number of ether oxygens (including phenoxy) is 2. The van der Waals surface area contributed by atoms with Crippen LogP contribution >= 0.6 is 11.3 Å². The van der Waals surface area contributed by atoms with Gasteiger partial charge >= 0.3 is 11.9 Å². The van der Waals surface area contributed by atoms with Crippen LogP contribution in [0.2, 0.25) is 0 Å². The summed E-state index contributed by atoms with van der Waals surface area (Å²) in [4.78, 5) is 35.8. The second-order valence-electron chi connectivity index (χ2n) is 4.90. The van der Waals surface area contributed by atoms with Crippen molar-refractivity contribution in [3.8, 4) is 5.75 Å². The fourth-order valence-corrected chi connectivity index (χ4v) is 3.02. The molecule has 1 N–H and O–H groups in total. The minimum absolute atomic E-state index is 0.114. The molecule has 132 valence electrons. The Kier molecular flexibility index (Phi) is 6.13. The Hall–Kier alpha value is -2.87. The number of methoxy groups -OCH3 is 1. The first kappa shape index (κ1) is 18.5. The Morgan fingerprint density at radius 3 is 2.56 bits per heavy atom. The zero-order valence-corrected chi connectivity index (χ0v) is 14.5. The van der Waals surface area contributed by atoms with Crippen molar-refractivity contribution in [1.29, 1.82) is 0 Å². The molecule has 0 amide bonds. The zero-order valence-electron chi connectivity index (χ0n) is 13.7. The van der Waals surface area contributed by atoms with Crippen LogP contribution in [0, 0.1) is 0 Å². The normalized spacial score (nSPS) is 12.2. The monoisotopic (exact) mass is 363 g/mol. The largest absolute Gasteiger partial charge is 0.508 e. The summed E-state index contributed by atoms with van der Waals surface area (Å²) in [6.45, 7) is 1.57. The predicted octanol–water partition coefficient (Wildman–Crippen LogP) is -0.0392. The van der Waals surface area contributed by atoms with E-state index in [9.17, 15) is 19.5 Å². The summed E-state index contributed by atoms with van der Waals surface area (Å²) < 4.78 is 11.2. The molecule has 2 aromatic rings. The van der Waals surface area contributed by atoms with Crippen LogP contribution in [-0.4, -0.2) is 35.3 Å². The van der Waals surface area contributed by atoms with Crippen LogP contribution in [0.25, 0.3) is 12.2 Å². The molecule has 0 fully saturated rings. The predicted molar refractivity (Wildman–Crippen MR) is 92.6 cm³/mol. The first-order valence-corrected chi connectivity index (χ1v) is 8.22. The maximum absolute atomic E-state index is 12.6. The molecule has 0 atom stereocenters. The summed E-state index contributed by atoms with van der Waals surface area (Å²) in [5.41, 5.74) is 0.281. The second kappa shape index (κ2) is 8.29. The number of phenols is 1. The molecule has 2 rings (SSSR count).